The van der Waals surface area contributed by atoms with E-state index >= 15 is 0 Å². The van der Waals surface area contributed by atoms with Gasteiger partial charge >= 0.3 is 0 Å². The van der Waals surface area contributed by atoms with Crippen molar-refractivity contribution in [3.8, 4) is 0 Å². The summed E-state index contributed by atoms with van der Waals surface area (Å²) in [4.78, 5) is 4.87. The normalized spacial score (nSPS) is 12.6. The van der Waals surface area contributed by atoms with Gasteiger partial charge in [-0.25, -0.2) is 0 Å². The molecular weight excluding hydrogens is 248 g/mol. The number of fused-ring (bicyclic) bond motifs is 3. The van der Waals surface area contributed by atoms with Crippen LogP contribution >= 0.6 is 11.3 Å². The van der Waals surface area contributed by atoms with E-state index in [2.05, 4.69) is 4.98 Å². The van der Waals surface area contributed by atoms with Crippen molar-refractivity contribution >= 4 is 37.3 Å². The van der Waals surface area contributed by atoms with E-state index in [9.17, 15) is 8.42 Å². The minimum absolute atomic E-state index is 0.115. The standard InChI is InChI=1S/C9H6N2O3S2/c12-16(13,14)8-1-3-11-7(8)5-10-6-2-4-15-9(6)11/h1-5H,(H,12,13,14). The molecule has 0 bridgehead atoms. The summed E-state index contributed by atoms with van der Waals surface area (Å²) in [6.07, 6.45) is 3.05. The minimum Gasteiger partial charge on any atom is -0.304 e. The summed E-state index contributed by atoms with van der Waals surface area (Å²) in [7, 11) is -4.19. The monoisotopic (exact) mass is 254 g/mol. The average Bonchev–Trinajstić information content (AvgIpc) is 2.81. The number of hydrogen-bond acceptors (Lipinski definition) is 4. The zero-order valence-electron chi connectivity index (χ0n) is 7.86. The SMILES string of the molecule is O=S(=O)(O)c1ccn2c1cnc1ccsc12. The predicted octanol–water partition coefficient (Wildman–Crippen LogP) is 1.80. The summed E-state index contributed by atoms with van der Waals surface area (Å²) in [6, 6.07) is 3.22. The Bertz CT molecular complexity index is 785. The third-order valence-corrected chi connectivity index (χ3v) is 4.14. The second-order valence-corrected chi connectivity index (χ2v) is 5.56. The molecule has 3 aromatic rings. The molecule has 3 rings (SSSR count). The molecule has 7 heteroatoms. The maximum atomic E-state index is 11.1. The smallest absolute Gasteiger partial charge is 0.296 e. The van der Waals surface area contributed by atoms with E-state index < -0.39 is 10.1 Å². The Morgan fingerprint density at radius 2 is 2.19 bits per heavy atom. The Morgan fingerprint density at radius 1 is 1.38 bits per heavy atom. The highest BCUT2D eigenvalue weighted by atomic mass is 32.2. The van der Waals surface area contributed by atoms with Gasteiger partial charge in [0.15, 0.2) is 0 Å². The van der Waals surface area contributed by atoms with Crippen LogP contribution in [0.2, 0.25) is 0 Å². The highest BCUT2D eigenvalue weighted by molar-refractivity contribution is 7.86. The van der Waals surface area contributed by atoms with Gasteiger partial charge in [-0.15, -0.1) is 11.3 Å². The zero-order chi connectivity index (χ0) is 11.3. The third-order valence-electron chi connectivity index (χ3n) is 2.33. The van der Waals surface area contributed by atoms with Gasteiger partial charge in [0.05, 0.1) is 17.2 Å². The second-order valence-electron chi connectivity index (χ2n) is 3.28. The Kier molecular flexibility index (Phi) is 1.85. The number of nitrogens with zero attached hydrogens (tertiary/aromatic N) is 2. The lowest BCUT2D eigenvalue weighted by molar-refractivity contribution is 0.484. The fourth-order valence-corrected chi connectivity index (χ4v) is 3.14. The van der Waals surface area contributed by atoms with E-state index in [1.54, 1.807) is 10.6 Å². The maximum Gasteiger partial charge on any atom is 0.296 e. The average molecular weight is 254 g/mol. The second kappa shape index (κ2) is 3.03. The summed E-state index contributed by atoms with van der Waals surface area (Å²) >= 11 is 1.46. The van der Waals surface area contributed by atoms with Crippen molar-refractivity contribution in [1.82, 2.24) is 9.38 Å². The van der Waals surface area contributed by atoms with E-state index in [0.717, 1.165) is 10.3 Å². The van der Waals surface area contributed by atoms with Crippen LogP contribution in [0.1, 0.15) is 0 Å². The van der Waals surface area contributed by atoms with Crippen LogP contribution in [0.4, 0.5) is 0 Å². The van der Waals surface area contributed by atoms with Crippen molar-refractivity contribution in [3.63, 3.8) is 0 Å². The van der Waals surface area contributed by atoms with E-state index in [1.807, 2.05) is 11.4 Å². The number of thiophene rings is 1. The van der Waals surface area contributed by atoms with Crippen molar-refractivity contribution in [1.29, 1.82) is 0 Å². The minimum atomic E-state index is -4.19. The van der Waals surface area contributed by atoms with Crippen molar-refractivity contribution in [2.75, 3.05) is 0 Å². The van der Waals surface area contributed by atoms with Crippen LogP contribution in [0.15, 0.2) is 34.8 Å². The lowest BCUT2D eigenvalue weighted by atomic mass is 10.5. The van der Waals surface area contributed by atoms with Crippen molar-refractivity contribution in [3.05, 3.63) is 29.9 Å². The van der Waals surface area contributed by atoms with E-state index in [1.165, 1.54) is 23.6 Å². The van der Waals surface area contributed by atoms with Crippen LogP contribution in [-0.2, 0) is 10.1 Å². The predicted molar refractivity (Wildman–Crippen MR) is 60.4 cm³/mol. The summed E-state index contributed by atoms with van der Waals surface area (Å²) < 4.78 is 32.9. The van der Waals surface area contributed by atoms with Gasteiger partial charge in [-0.3, -0.25) is 9.54 Å². The van der Waals surface area contributed by atoms with Crippen molar-refractivity contribution in [2.45, 2.75) is 4.90 Å². The molecule has 0 saturated heterocycles. The molecule has 0 aromatic carbocycles. The van der Waals surface area contributed by atoms with Gasteiger partial charge in [-0.05, 0) is 17.5 Å². The molecule has 0 unspecified atom stereocenters. The molecule has 0 spiro atoms. The molecule has 0 atom stereocenters. The molecule has 3 heterocycles. The molecule has 3 aromatic heterocycles. The van der Waals surface area contributed by atoms with Crippen LogP contribution in [0.25, 0.3) is 15.9 Å². The van der Waals surface area contributed by atoms with Crippen molar-refractivity contribution in [2.24, 2.45) is 0 Å². The quantitative estimate of drug-likeness (QED) is 0.672. The molecule has 0 aliphatic carbocycles. The summed E-state index contributed by atoms with van der Waals surface area (Å²) in [6.45, 7) is 0. The first-order valence-corrected chi connectivity index (χ1v) is 6.70. The first-order chi connectivity index (χ1) is 7.57. The van der Waals surface area contributed by atoms with E-state index in [4.69, 9.17) is 4.55 Å². The molecule has 0 aliphatic heterocycles. The van der Waals surface area contributed by atoms with Crippen LogP contribution in [-0.4, -0.2) is 22.4 Å². The lowest BCUT2D eigenvalue weighted by Gasteiger charge is -1.98. The Hall–Kier alpha value is -1.44. The van der Waals surface area contributed by atoms with Crippen LogP contribution in [0, 0.1) is 0 Å². The summed E-state index contributed by atoms with van der Waals surface area (Å²) in [5.41, 5.74) is 1.19. The van der Waals surface area contributed by atoms with E-state index in [0.29, 0.717) is 5.52 Å². The van der Waals surface area contributed by atoms with Crippen LogP contribution in [0.5, 0.6) is 0 Å². The number of hydrogen-bond donors (Lipinski definition) is 1. The Balaban J connectivity index is 2.53. The summed E-state index contributed by atoms with van der Waals surface area (Å²) in [5, 5.41) is 1.88. The fraction of sp³-hybridized carbons (Fsp3) is 0. The largest absolute Gasteiger partial charge is 0.304 e. The Labute approximate surface area is 94.7 Å². The van der Waals surface area contributed by atoms with Gasteiger partial charge < -0.3 is 4.40 Å². The molecule has 0 fully saturated rings. The molecule has 5 nitrogen and oxygen atoms in total. The highest BCUT2D eigenvalue weighted by Gasteiger charge is 2.16. The molecule has 16 heavy (non-hydrogen) atoms. The van der Waals surface area contributed by atoms with Crippen LogP contribution in [0.3, 0.4) is 0 Å². The molecular formula is C9H6N2O3S2. The highest BCUT2D eigenvalue weighted by Crippen LogP contribution is 2.25. The lowest BCUT2D eigenvalue weighted by Crippen LogP contribution is -1.97. The molecule has 0 amide bonds. The van der Waals surface area contributed by atoms with Gasteiger partial charge in [0.2, 0.25) is 0 Å². The van der Waals surface area contributed by atoms with Gasteiger partial charge in [0.1, 0.15) is 9.73 Å². The first-order valence-electron chi connectivity index (χ1n) is 4.38. The summed E-state index contributed by atoms with van der Waals surface area (Å²) in [5.74, 6) is 0. The number of aromatic nitrogens is 2. The van der Waals surface area contributed by atoms with Gasteiger partial charge in [0.25, 0.3) is 10.1 Å². The Morgan fingerprint density at radius 3 is 2.94 bits per heavy atom. The zero-order valence-corrected chi connectivity index (χ0v) is 9.49. The van der Waals surface area contributed by atoms with Crippen LogP contribution < -0.4 is 0 Å². The molecule has 82 valence electrons. The fourth-order valence-electron chi connectivity index (χ4n) is 1.65. The molecule has 1 N–H and O–H groups in total. The number of rotatable bonds is 1. The van der Waals surface area contributed by atoms with Gasteiger partial charge in [0, 0.05) is 6.20 Å². The van der Waals surface area contributed by atoms with Gasteiger partial charge in [-0.1, -0.05) is 0 Å². The van der Waals surface area contributed by atoms with Crippen molar-refractivity contribution < 1.29 is 13.0 Å². The molecule has 0 saturated carbocycles. The third kappa shape index (κ3) is 1.26. The van der Waals surface area contributed by atoms with Gasteiger partial charge in [-0.2, -0.15) is 8.42 Å². The molecule has 0 radical (unpaired) electrons. The molecule has 0 aliphatic rings. The van der Waals surface area contributed by atoms with E-state index in [-0.39, 0.29) is 4.90 Å². The first kappa shape index (κ1) is 9.76. The maximum absolute atomic E-state index is 11.1. The topological polar surface area (TPSA) is 71.7 Å².